The minimum atomic E-state index is -0.234. The van der Waals surface area contributed by atoms with Gasteiger partial charge in [0.2, 0.25) is 5.91 Å². The van der Waals surface area contributed by atoms with Crippen molar-refractivity contribution in [2.45, 2.75) is 46.1 Å². The summed E-state index contributed by atoms with van der Waals surface area (Å²) in [5.41, 5.74) is 2.94. The van der Waals surface area contributed by atoms with E-state index in [1.165, 1.54) is 5.56 Å². The number of ether oxygens (including phenoxy) is 1. The normalized spacial score (nSPS) is 13.9. The number of piperidine rings is 1. The zero-order valence-electron chi connectivity index (χ0n) is 20.2. The van der Waals surface area contributed by atoms with Crippen molar-refractivity contribution in [3.63, 3.8) is 0 Å². The van der Waals surface area contributed by atoms with Crippen LogP contribution in [0.5, 0.6) is 0 Å². The van der Waals surface area contributed by atoms with Gasteiger partial charge in [-0.1, -0.05) is 49.4 Å². The molecular formula is C27H35N3O4. The Kier molecular flexibility index (Phi) is 9.50. The monoisotopic (exact) mass is 465 g/mol. The molecule has 7 heteroatoms. The molecular weight excluding hydrogens is 430 g/mol. The van der Waals surface area contributed by atoms with Crippen LogP contribution in [0.4, 0.5) is 10.5 Å². The van der Waals surface area contributed by atoms with E-state index in [-0.39, 0.29) is 30.2 Å². The summed E-state index contributed by atoms with van der Waals surface area (Å²) in [7, 11) is 0. The number of hydrogen-bond acceptors (Lipinski definition) is 4. The van der Waals surface area contributed by atoms with Crippen molar-refractivity contribution < 1.29 is 19.1 Å². The summed E-state index contributed by atoms with van der Waals surface area (Å²) in [6, 6.07) is 17.3. The van der Waals surface area contributed by atoms with E-state index in [0.717, 1.165) is 17.7 Å². The Morgan fingerprint density at radius 2 is 1.65 bits per heavy atom. The summed E-state index contributed by atoms with van der Waals surface area (Å²) in [6.07, 6.45) is 2.41. The van der Waals surface area contributed by atoms with Crippen molar-refractivity contribution in [1.29, 1.82) is 0 Å². The number of nitrogens with zero attached hydrogens (tertiary/aromatic N) is 2. The van der Waals surface area contributed by atoms with Crippen molar-refractivity contribution in [3.05, 3.63) is 65.7 Å². The second-order valence-electron chi connectivity index (χ2n) is 8.54. The third kappa shape index (κ3) is 7.33. The quantitative estimate of drug-likeness (QED) is 0.554. The summed E-state index contributed by atoms with van der Waals surface area (Å²) in [4.78, 5) is 41.3. The Balaban J connectivity index is 1.58. The lowest BCUT2D eigenvalue weighted by Crippen LogP contribution is -2.43. The minimum Gasteiger partial charge on any atom is -0.466 e. The topological polar surface area (TPSA) is 79.0 Å². The fourth-order valence-electron chi connectivity index (χ4n) is 4.10. The van der Waals surface area contributed by atoms with E-state index in [1.54, 1.807) is 16.7 Å². The molecule has 1 aliphatic rings. The molecule has 0 saturated carbocycles. The van der Waals surface area contributed by atoms with Crippen LogP contribution >= 0.6 is 0 Å². The van der Waals surface area contributed by atoms with Crippen LogP contribution < -0.4 is 5.32 Å². The van der Waals surface area contributed by atoms with Crippen LogP contribution in [0.1, 0.15) is 44.2 Å². The van der Waals surface area contributed by atoms with E-state index in [4.69, 9.17) is 4.74 Å². The van der Waals surface area contributed by atoms with Crippen molar-refractivity contribution in [2.24, 2.45) is 5.92 Å². The molecule has 1 heterocycles. The largest absolute Gasteiger partial charge is 0.466 e. The number of likely N-dealkylation sites (tertiary alicyclic amines) is 1. The molecule has 7 nitrogen and oxygen atoms in total. The van der Waals surface area contributed by atoms with E-state index in [2.05, 4.69) is 12.2 Å². The summed E-state index contributed by atoms with van der Waals surface area (Å²) in [5.74, 6) is -0.309. The van der Waals surface area contributed by atoms with E-state index in [9.17, 15) is 14.4 Å². The van der Waals surface area contributed by atoms with E-state index in [1.807, 2.05) is 54.6 Å². The van der Waals surface area contributed by atoms with E-state index >= 15 is 0 Å². The first-order valence-corrected chi connectivity index (χ1v) is 12.1. The van der Waals surface area contributed by atoms with Crippen LogP contribution in [-0.2, 0) is 27.3 Å². The first-order valence-electron chi connectivity index (χ1n) is 12.1. The van der Waals surface area contributed by atoms with Gasteiger partial charge in [-0.3, -0.25) is 9.59 Å². The molecule has 2 aromatic rings. The molecule has 0 aromatic heterocycles. The number of esters is 1. The van der Waals surface area contributed by atoms with Crippen molar-refractivity contribution in [3.8, 4) is 0 Å². The van der Waals surface area contributed by atoms with Gasteiger partial charge in [0.1, 0.15) is 0 Å². The lowest BCUT2D eigenvalue weighted by Gasteiger charge is -2.31. The van der Waals surface area contributed by atoms with Gasteiger partial charge in [0.15, 0.2) is 0 Å². The molecule has 34 heavy (non-hydrogen) atoms. The van der Waals surface area contributed by atoms with Gasteiger partial charge in [-0.2, -0.15) is 0 Å². The molecule has 0 bridgehead atoms. The Bertz CT molecular complexity index is 938. The molecule has 0 spiro atoms. The maximum Gasteiger partial charge on any atom is 0.322 e. The van der Waals surface area contributed by atoms with Crippen LogP contribution in [0.2, 0.25) is 0 Å². The van der Waals surface area contributed by atoms with Crippen molar-refractivity contribution >= 4 is 23.6 Å². The number of benzene rings is 2. The van der Waals surface area contributed by atoms with Gasteiger partial charge in [-0.15, -0.1) is 0 Å². The summed E-state index contributed by atoms with van der Waals surface area (Å²) in [5, 5.41) is 2.96. The van der Waals surface area contributed by atoms with Crippen molar-refractivity contribution in [2.75, 3.05) is 31.6 Å². The highest BCUT2D eigenvalue weighted by molar-refractivity contribution is 5.89. The first-order chi connectivity index (χ1) is 16.5. The molecule has 0 unspecified atom stereocenters. The van der Waals surface area contributed by atoms with Crippen LogP contribution in [0, 0.1) is 5.92 Å². The van der Waals surface area contributed by atoms with Crippen LogP contribution in [0.15, 0.2) is 54.6 Å². The second kappa shape index (κ2) is 12.8. The molecule has 182 valence electrons. The highest BCUT2D eigenvalue weighted by Crippen LogP contribution is 2.20. The summed E-state index contributed by atoms with van der Waals surface area (Å²) in [6.45, 7) is 6.07. The van der Waals surface area contributed by atoms with Gasteiger partial charge in [-0.05, 0) is 49.4 Å². The van der Waals surface area contributed by atoms with Crippen molar-refractivity contribution in [1.82, 2.24) is 9.80 Å². The third-order valence-corrected chi connectivity index (χ3v) is 6.18. The zero-order chi connectivity index (χ0) is 24.3. The number of hydrogen-bond donors (Lipinski definition) is 1. The molecule has 1 fully saturated rings. The standard InChI is InChI=1S/C27H35N3O4/c1-3-21-10-12-24(13-11-21)28-27(33)30(20-22-8-6-5-7-9-22)19-16-25(31)29-17-14-23(15-18-29)26(32)34-4-2/h5-13,23H,3-4,14-20H2,1-2H3,(H,28,33). The number of urea groups is 1. The Hall–Kier alpha value is -3.35. The molecule has 1 aliphatic heterocycles. The Morgan fingerprint density at radius 3 is 2.26 bits per heavy atom. The maximum absolute atomic E-state index is 13.1. The Morgan fingerprint density at radius 1 is 0.971 bits per heavy atom. The molecule has 3 amide bonds. The summed E-state index contributed by atoms with van der Waals surface area (Å²) >= 11 is 0. The van der Waals surface area contributed by atoms with Gasteiger partial charge in [0.25, 0.3) is 0 Å². The smallest absolute Gasteiger partial charge is 0.322 e. The highest BCUT2D eigenvalue weighted by atomic mass is 16.5. The molecule has 0 aliphatic carbocycles. The van der Waals surface area contributed by atoms with Gasteiger partial charge in [0, 0.05) is 38.3 Å². The zero-order valence-corrected chi connectivity index (χ0v) is 20.2. The molecule has 2 aromatic carbocycles. The number of carbonyl (C=O) groups is 3. The Labute approximate surface area is 202 Å². The van der Waals surface area contributed by atoms with Gasteiger partial charge in [-0.25, -0.2) is 4.79 Å². The average molecular weight is 466 g/mol. The average Bonchev–Trinajstić information content (AvgIpc) is 2.87. The number of carbonyl (C=O) groups excluding carboxylic acids is 3. The van der Waals surface area contributed by atoms with Crippen LogP contribution in [0.25, 0.3) is 0 Å². The number of amides is 3. The number of rotatable bonds is 9. The lowest BCUT2D eigenvalue weighted by molar-refractivity contribution is -0.151. The van der Waals surface area contributed by atoms with Gasteiger partial charge >= 0.3 is 12.0 Å². The van der Waals surface area contributed by atoms with E-state index < -0.39 is 0 Å². The number of anilines is 1. The fourth-order valence-corrected chi connectivity index (χ4v) is 4.10. The summed E-state index contributed by atoms with van der Waals surface area (Å²) < 4.78 is 5.11. The SMILES string of the molecule is CCOC(=O)C1CCN(C(=O)CCN(Cc2ccccc2)C(=O)Nc2ccc(CC)cc2)CC1. The van der Waals surface area contributed by atoms with Crippen LogP contribution in [0.3, 0.4) is 0 Å². The molecule has 3 rings (SSSR count). The molecule has 0 radical (unpaired) electrons. The highest BCUT2D eigenvalue weighted by Gasteiger charge is 2.28. The molecule has 0 atom stereocenters. The predicted octanol–water partition coefficient (Wildman–Crippen LogP) is 4.47. The molecule has 1 N–H and O–H groups in total. The van der Waals surface area contributed by atoms with E-state index in [0.29, 0.717) is 45.6 Å². The van der Waals surface area contributed by atoms with Crippen LogP contribution in [-0.4, -0.2) is 53.9 Å². The fraction of sp³-hybridized carbons (Fsp3) is 0.444. The second-order valence-corrected chi connectivity index (χ2v) is 8.54. The first kappa shape index (κ1) is 25.3. The lowest BCUT2D eigenvalue weighted by atomic mass is 9.97. The molecule has 1 saturated heterocycles. The number of nitrogens with one attached hydrogen (secondary N) is 1. The van der Waals surface area contributed by atoms with Gasteiger partial charge in [0.05, 0.1) is 12.5 Å². The van der Waals surface area contributed by atoms with Gasteiger partial charge < -0.3 is 19.9 Å². The third-order valence-electron chi connectivity index (χ3n) is 6.18. The minimum absolute atomic E-state index is 0.000435. The maximum atomic E-state index is 13.1. The number of aryl methyl sites for hydroxylation is 1. The predicted molar refractivity (Wildman–Crippen MR) is 132 cm³/mol.